The van der Waals surface area contributed by atoms with Crippen molar-refractivity contribution in [2.75, 3.05) is 31.1 Å². The molecule has 4 bridgehead atoms. The topological polar surface area (TPSA) is 40.6 Å². The lowest BCUT2D eigenvalue weighted by molar-refractivity contribution is 0.0980. The molecule has 4 atom stereocenters. The molecule has 1 unspecified atom stereocenters. The second-order valence-corrected chi connectivity index (χ2v) is 10.3. The van der Waals surface area contributed by atoms with Crippen LogP contribution in [0.3, 0.4) is 0 Å². The van der Waals surface area contributed by atoms with Crippen LogP contribution < -0.4 is 4.90 Å². The van der Waals surface area contributed by atoms with Crippen molar-refractivity contribution in [3.05, 3.63) is 42.5 Å². The van der Waals surface area contributed by atoms with E-state index in [0.29, 0.717) is 21.8 Å². The fraction of sp³-hybridized carbons (Fsp3) is 0.429. The maximum absolute atomic E-state index is 13.0. The maximum atomic E-state index is 13.0. The highest BCUT2D eigenvalue weighted by molar-refractivity contribution is 7.92. The van der Waals surface area contributed by atoms with Gasteiger partial charge in [-0.05, 0) is 42.9 Å². The van der Waals surface area contributed by atoms with Crippen molar-refractivity contribution in [1.29, 1.82) is 0 Å². The first-order valence-corrected chi connectivity index (χ1v) is 11.1. The van der Waals surface area contributed by atoms with Gasteiger partial charge in [0.15, 0.2) is 0 Å². The first-order valence-electron chi connectivity index (χ1n) is 9.57. The maximum Gasteiger partial charge on any atom is 0.207 e. The van der Waals surface area contributed by atoms with Crippen molar-refractivity contribution in [2.45, 2.75) is 28.7 Å². The molecule has 0 amide bonds. The third-order valence-corrected chi connectivity index (χ3v) is 8.57. The molecule has 0 N–H and O–H groups in total. The van der Waals surface area contributed by atoms with E-state index < -0.39 is 9.84 Å². The molecule has 7 rings (SSSR count). The molecule has 5 aliphatic rings. The average molecular weight is 366 g/mol. The van der Waals surface area contributed by atoms with E-state index in [4.69, 9.17) is 0 Å². The zero-order chi connectivity index (χ0) is 17.5. The summed E-state index contributed by atoms with van der Waals surface area (Å²) in [6.07, 6.45) is 2.58. The van der Waals surface area contributed by atoms with Gasteiger partial charge in [-0.2, -0.15) is 0 Å². The minimum absolute atomic E-state index is 0.453. The molecule has 5 aliphatic heterocycles. The Bertz CT molecular complexity index is 1000. The molecule has 0 spiro atoms. The zero-order valence-corrected chi connectivity index (χ0v) is 15.5. The third kappa shape index (κ3) is 2.01. The Kier molecular flexibility index (Phi) is 2.99. The van der Waals surface area contributed by atoms with Gasteiger partial charge in [0.2, 0.25) is 9.84 Å². The van der Waals surface area contributed by atoms with Crippen molar-refractivity contribution in [1.82, 2.24) is 4.90 Å². The predicted octanol–water partition coefficient (Wildman–Crippen LogP) is 3.03. The summed E-state index contributed by atoms with van der Waals surface area (Å²) in [4.78, 5) is 6.06. The Hall–Kier alpha value is -1.85. The lowest BCUT2D eigenvalue weighted by atomic mass is 9.84. The van der Waals surface area contributed by atoms with Gasteiger partial charge in [-0.25, -0.2) is 8.42 Å². The van der Waals surface area contributed by atoms with Crippen LogP contribution in [0.25, 0.3) is 11.1 Å². The number of fused-ring (bicyclic) bond motifs is 4. The molecule has 5 heteroatoms. The van der Waals surface area contributed by atoms with Gasteiger partial charge in [0.1, 0.15) is 0 Å². The summed E-state index contributed by atoms with van der Waals surface area (Å²) in [7, 11) is -3.40. The van der Waals surface area contributed by atoms with Crippen LogP contribution in [0.5, 0.6) is 0 Å². The number of hydrogen-bond acceptors (Lipinski definition) is 4. The summed E-state index contributed by atoms with van der Waals surface area (Å²) in [5.41, 5.74) is 2.78. The van der Waals surface area contributed by atoms with Crippen molar-refractivity contribution < 1.29 is 8.42 Å². The Balaban J connectivity index is 1.46. The zero-order valence-electron chi connectivity index (χ0n) is 14.6. The largest absolute Gasteiger partial charge is 0.367 e. The van der Waals surface area contributed by atoms with Gasteiger partial charge in [-0.3, -0.25) is 0 Å². The quantitative estimate of drug-likeness (QED) is 0.664. The fourth-order valence-corrected chi connectivity index (χ4v) is 7.49. The van der Waals surface area contributed by atoms with E-state index in [9.17, 15) is 8.42 Å². The second-order valence-electron chi connectivity index (χ2n) is 8.41. The van der Waals surface area contributed by atoms with E-state index in [1.807, 2.05) is 30.3 Å². The fourth-order valence-electron chi connectivity index (χ4n) is 5.78. The molecule has 4 fully saturated rings. The summed E-state index contributed by atoms with van der Waals surface area (Å²) in [5, 5.41) is 0. The molecule has 4 saturated heterocycles. The van der Waals surface area contributed by atoms with Crippen LogP contribution in [0.1, 0.15) is 12.8 Å². The Labute approximate surface area is 154 Å². The number of hydrogen-bond donors (Lipinski definition) is 0. The van der Waals surface area contributed by atoms with Crippen molar-refractivity contribution in [3.63, 3.8) is 0 Å². The average Bonchev–Trinajstić information content (AvgIpc) is 2.71. The highest BCUT2D eigenvalue weighted by atomic mass is 32.2. The molecular weight excluding hydrogens is 344 g/mol. The number of anilines is 1. The minimum atomic E-state index is -3.40. The summed E-state index contributed by atoms with van der Waals surface area (Å²) >= 11 is 0. The molecule has 2 aromatic carbocycles. The van der Waals surface area contributed by atoms with Crippen molar-refractivity contribution in [3.8, 4) is 11.1 Å². The molecule has 134 valence electrons. The summed E-state index contributed by atoms with van der Waals surface area (Å²) in [5.74, 6) is 1.53. The molecule has 0 saturated carbocycles. The first kappa shape index (κ1) is 15.2. The molecule has 4 nitrogen and oxygen atoms in total. The molecular formula is C21H22N2O2S. The molecule has 5 heterocycles. The summed E-state index contributed by atoms with van der Waals surface area (Å²) < 4.78 is 26.1. The van der Waals surface area contributed by atoms with E-state index in [1.165, 1.54) is 25.9 Å². The lowest BCUT2D eigenvalue weighted by Gasteiger charge is -2.42. The first-order chi connectivity index (χ1) is 12.6. The lowest BCUT2D eigenvalue weighted by Crippen LogP contribution is -2.49. The van der Waals surface area contributed by atoms with Crippen molar-refractivity contribution in [2.24, 2.45) is 11.8 Å². The normalized spacial score (nSPS) is 33.0. The van der Waals surface area contributed by atoms with Crippen LogP contribution in [0.4, 0.5) is 5.69 Å². The third-order valence-electron chi connectivity index (χ3n) is 6.72. The number of rotatable bonds is 1. The van der Waals surface area contributed by atoms with E-state index >= 15 is 0 Å². The Morgan fingerprint density at radius 3 is 2.50 bits per heavy atom. The van der Waals surface area contributed by atoms with Gasteiger partial charge in [0.25, 0.3) is 0 Å². The van der Waals surface area contributed by atoms with E-state index in [1.54, 1.807) is 6.07 Å². The van der Waals surface area contributed by atoms with Crippen LogP contribution in [0, 0.1) is 11.8 Å². The van der Waals surface area contributed by atoms with Gasteiger partial charge in [0.05, 0.1) is 9.79 Å². The van der Waals surface area contributed by atoms with Crippen LogP contribution in [0.15, 0.2) is 52.3 Å². The molecule has 26 heavy (non-hydrogen) atoms. The number of piperidine rings is 2. The van der Waals surface area contributed by atoms with Crippen LogP contribution in [-0.2, 0) is 9.84 Å². The molecule has 2 aromatic rings. The standard InChI is InChI=1S/C21H22N2O2S/c24-26(25)20-4-2-1-3-18(20)19-6-5-16(9-21(19)26)23-12-15-7-14-8-17(23)13-22(10-14)11-15/h1-6,9,14-15,17H,7-8,10-13H2/t14-,15-,17+/m1/s1. The minimum Gasteiger partial charge on any atom is -0.367 e. The predicted molar refractivity (Wildman–Crippen MR) is 101 cm³/mol. The van der Waals surface area contributed by atoms with Gasteiger partial charge in [-0.1, -0.05) is 24.3 Å². The summed E-state index contributed by atoms with van der Waals surface area (Å²) in [6.45, 7) is 4.65. The van der Waals surface area contributed by atoms with Gasteiger partial charge >= 0.3 is 0 Å². The van der Waals surface area contributed by atoms with Gasteiger partial charge < -0.3 is 9.80 Å². The smallest absolute Gasteiger partial charge is 0.207 e. The number of sulfone groups is 1. The SMILES string of the molecule is O=S1(=O)c2ccccc2-c2ccc(N3C[C@@H]4C[C@@H]5C[C@H]3CN(C5)C4)cc21. The Morgan fingerprint density at radius 1 is 0.808 bits per heavy atom. The molecule has 0 aliphatic carbocycles. The second kappa shape index (κ2) is 5.11. The van der Waals surface area contributed by atoms with Crippen LogP contribution >= 0.6 is 0 Å². The van der Waals surface area contributed by atoms with E-state index in [0.717, 1.165) is 35.8 Å². The van der Waals surface area contributed by atoms with Crippen molar-refractivity contribution >= 4 is 15.5 Å². The van der Waals surface area contributed by atoms with E-state index in [-0.39, 0.29) is 0 Å². The van der Waals surface area contributed by atoms with Gasteiger partial charge in [-0.15, -0.1) is 0 Å². The number of benzene rings is 2. The van der Waals surface area contributed by atoms with Crippen LogP contribution in [0.2, 0.25) is 0 Å². The molecule has 0 radical (unpaired) electrons. The summed E-state index contributed by atoms with van der Waals surface area (Å²) in [6, 6.07) is 14.0. The highest BCUT2D eigenvalue weighted by Crippen LogP contribution is 2.45. The monoisotopic (exact) mass is 366 g/mol. The van der Waals surface area contributed by atoms with E-state index in [2.05, 4.69) is 15.9 Å². The highest BCUT2D eigenvalue weighted by Gasteiger charge is 2.42. The van der Waals surface area contributed by atoms with Crippen LogP contribution in [-0.4, -0.2) is 45.5 Å². The molecule has 0 aromatic heterocycles. The number of nitrogens with zero attached hydrogens (tertiary/aromatic N) is 2. The Morgan fingerprint density at radius 2 is 1.62 bits per heavy atom. The van der Waals surface area contributed by atoms with Gasteiger partial charge in [0, 0.05) is 49.0 Å².